The van der Waals surface area contributed by atoms with Gasteiger partial charge in [0.2, 0.25) is 0 Å². The maximum Gasteiger partial charge on any atom is 0.311 e. The molecule has 4 nitrogen and oxygen atoms in total. The van der Waals surface area contributed by atoms with Crippen LogP contribution in [0.15, 0.2) is 18.2 Å². The molecular formula is C21H32O4. The Hall–Kier alpha value is -1.84. The monoisotopic (exact) mass is 348 g/mol. The van der Waals surface area contributed by atoms with Crippen molar-refractivity contribution in [2.45, 2.75) is 85.0 Å². The Bertz CT molecular complexity index is 537. The number of aryl methyl sites for hydroxylation is 1. The molecule has 0 amide bonds. The van der Waals surface area contributed by atoms with E-state index < -0.39 is 0 Å². The summed E-state index contributed by atoms with van der Waals surface area (Å²) in [5.74, 6) is 0.153. The molecule has 0 aliphatic rings. The van der Waals surface area contributed by atoms with Gasteiger partial charge in [0.1, 0.15) is 0 Å². The number of hydrogen-bond donors (Lipinski definition) is 0. The fourth-order valence-electron chi connectivity index (χ4n) is 2.57. The van der Waals surface area contributed by atoms with Gasteiger partial charge in [0, 0.05) is 12.8 Å². The highest BCUT2D eigenvalue weighted by Gasteiger charge is 2.15. The molecule has 0 saturated carbocycles. The van der Waals surface area contributed by atoms with Crippen LogP contribution in [0.4, 0.5) is 0 Å². The van der Waals surface area contributed by atoms with Gasteiger partial charge in [-0.3, -0.25) is 9.59 Å². The number of hydrogen-bond acceptors (Lipinski definition) is 4. The fraction of sp³-hybridized carbons (Fsp3) is 0.619. The molecule has 0 bridgehead atoms. The Balaban J connectivity index is 2.58. The first-order valence-corrected chi connectivity index (χ1v) is 9.59. The minimum atomic E-state index is -0.276. The van der Waals surface area contributed by atoms with E-state index in [0.29, 0.717) is 24.3 Å². The van der Waals surface area contributed by atoms with Gasteiger partial charge < -0.3 is 9.47 Å². The van der Waals surface area contributed by atoms with Crippen LogP contribution >= 0.6 is 0 Å². The number of rotatable bonds is 12. The van der Waals surface area contributed by atoms with Gasteiger partial charge >= 0.3 is 11.9 Å². The highest BCUT2D eigenvalue weighted by atomic mass is 16.6. The van der Waals surface area contributed by atoms with E-state index in [4.69, 9.17) is 9.47 Å². The summed E-state index contributed by atoms with van der Waals surface area (Å²) in [6.07, 6.45) is 8.98. The highest BCUT2D eigenvalue weighted by Crippen LogP contribution is 2.31. The van der Waals surface area contributed by atoms with Crippen molar-refractivity contribution in [3.8, 4) is 11.5 Å². The number of esters is 2. The first kappa shape index (κ1) is 21.2. The van der Waals surface area contributed by atoms with Gasteiger partial charge in [0.15, 0.2) is 11.5 Å². The summed E-state index contributed by atoms with van der Waals surface area (Å²) in [6.45, 7) is 6.11. The summed E-state index contributed by atoms with van der Waals surface area (Å²) in [7, 11) is 0. The number of benzene rings is 1. The smallest absolute Gasteiger partial charge is 0.311 e. The standard InChI is InChI=1S/C21H32O4/c1-4-6-8-10-15-19(22)24-18-14-12-13-17(3)21(18)25-20(23)16-11-9-7-5-2/h12-14H,4-11,15-16H2,1-3H3. The molecular weight excluding hydrogens is 316 g/mol. The topological polar surface area (TPSA) is 52.6 Å². The minimum absolute atomic E-state index is 0.273. The Kier molecular flexibility index (Phi) is 10.6. The molecule has 0 N–H and O–H groups in total. The summed E-state index contributed by atoms with van der Waals surface area (Å²) in [5, 5.41) is 0. The second-order valence-corrected chi connectivity index (χ2v) is 6.47. The van der Waals surface area contributed by atoms with Crippen molar-refractivity contribution in [3.05, 3.63) is 23.8 Å². The van der Waals surface area contributed by atoms with E-state index in [9.17, 15) is 9.59 Å². The molecule has 0 unspecified atom stereocenters. The van der Waals surface area contributed by atoms with Crippen LogP contribution in [0, 0.1) is 6.92 Å². The number of carbonyl (C=O) groups is 2. The van der Waals surface area contributed by atoms with Crippen molar-refractivity contribution in [3.63, 3.8) is 0 Å². The van der Waals surface area contributed by atoms with Gasteiger partial charge in [-0.2, -0.15) is 0 Å². The van der Waals surface area contributed by atoms with Crippen molar-refractivity contribution >= 4 is 11.9 Å². The number of unbranched alkanes of at least 4 members (excludes halogenated alkanes) is 6. The van der Waals surface area contributed by atoms with Crippen molar-refractivity contribution in [1.82, 2.24) is 0 Å². The number of para-hydroxylation sites is 1. The lowest BCUT2D eigenvalue weighted by molar-refractivity contribution is -0.137. The third-order valence-electron chi connectivity index (χ3n) is 4.08. The molecule has 0 aromatic heterocycles. The normalized spacial score (nSPS) is 10.5. The van der Waals surface area contributed by atoms with Crippen LogP contribution in [0.25, 0.3) is 0 Å². The fourth-order valence-corrected chi connectivity index (χ4v) is 2.57. The summed E-state index contributed by atoms with van der Waals surface area (Å²) < 4.78 is 10.9. The quantitative estimate of drug-likeness (QED) is 0.274. The lowest BCUT2D eigenvalue weighted by Gasteiger charge is -2.13. The van der Waals surface area contributed by atoms with Gasteiger partial charge in [0.05, 0.1) is 0 Å². The van der Waals surface area contributed by atoms with Crippen molar-refractivity contribution in [2.24, 2.45) is 0 Å². The summed E-state index contributed by atoms with van der Waals surface area (Å²) in [6, 6.07) is 5.32. The van der Waals surface area contributed by atoms with E-state index in [-0.39, 0.29) is 11.9 Å². The zero-order valence-electron chi connectivity index (χ0n) is 15.9. The van der Waals surface area contributed by atoms with Crippen LogP contribution in [0.5, 0.6) is 11.5 Å². The molecule has 0 fully saturated rings. The molecule has 0 heterocycles. The molecule has 0 aliphatic carbocycles. The van der Waals surface area contributed by atoms with E-state index in [1.165, 1.54) is 0 Å². The molecule has 0 spiro atoms. The summed E-state index contributed by atoms with van der Waals surface area (Å²) in [5.41, 5.74) is 0.790. The van der Waals surface area contributed by atoms with E-state index in [0.717, 1.165) is 56.9 Å². The molecule has 1 aromatic rings. The molecule has 0 radical (unpaired) electrons. The van der Waals surface area contributed by atoms with Crippen molar-refractivity contribution in [1.29, 1.82) is 0 Å². The molecule has 0 aliphatic heterocycles. The zero-order chi connectivity index (χ0) is 18.5. The van der Waals surface area contributed by atoms with Crippen LogP contribution < -0.4 is 9.47 Å². The van der Waals surface area contributed by atoms with E-state index in [2.05, 4.69) is 13.8 Å². The van der Waals surface area contributed by atoms with Crippen molar-refractivity contribution in [2.75, 3.05) is 0 Å². The third kappa shape index (κ3) is 8.71. The van der Waals surface area contributed by atoms with Gasteiger partial charge in [-0.1, -0.05) is 64.5 Å². The summed E-state index contributed by atoms with van der Waals surface area (Å²) in [4.78, 5) is 24.1. The maximum absolute atomic E-state index is 12.0. The molecule has 4 heteroatoms. The van der Waals surface area contributed by atoms with Gasteiger partial charge in [-0.05, 0) is 31.4 Å². The average molecular weight is 348 g/mol. The Morgan fingerprint density at radius 2 is 1.36 bits per heavy atom. The predicted octanol–water partition coefficient (Wildman–Crippen LogP) is 5.75. The third-order valence-corrected chi connectivity index (χ3v) is 4.08. The number of ether oxygens (including phenoxy) is 2. The van der Waals surface area contributed by atoms with Crippen LogP contribution in [0.1, 0.15) is 83.6 Å². The second-order valence-electron chi connectivity index (χ2n) is 6.47. The first-order valence-electron chi connectivity index (χ1n) is 9.59. The predicted molar refractivity (Wildman–Crippen MR) is 100.0 cm³/mol. The van der Waals surface area contributed by atoms with Crippen LogP contribution in [0.3, 0.4) is 0 Å². The van der Waals surface area contributed by atoms with E-state index in [1.54, 1.807) is 12.1 Å². The van der Waals surface area contributed by atoms with Crippen LogP contribution in [-0.2, 0) is 9.59 Å². The lowest BCUT2D eigenvalue weighted by Crippen LogP contribution is -2.12. The largest absolute Gasteiger partial charge is 0.423 e. The van der Waals surface area contributed by atoms with Gasteiger partial charge in [-0.15, -0.1) is 0 Å². The molecule has 1 aromatic carbocycles. The molecule has 25 heavy (non-hydrogen) atoms. The Morgan fingerprint density at radius 1 is 0.800 bits per heavy atom. The zero-order valence-corrected chi connectivity index (χ0v) is 15.9. The molecule has 0 atom stereocenters. The van der Waals surface area contributed by atoms with Crippen LogP contribution in [0.2, 0.25) is 0 Å². The van der Waals surface area contributed by atoms with E-state index in [1.807, 2.05) is 13.0 Å². The van der Waals surface area contributed by atoms with Gasteiger partial charge in [0.25, 0.3) is 0 Å². The molecule has 1 rings (SSSR count). The Labute approximate surface area is 151 Å². The lowest BCUT2D eigenvalue weighted by atomic mass is 10.1. The van der Waals surface area contributed by atoms with E-state index >= 15 is 0 Å². The summed E-state index contributed by atoms with van der Waals surface area (Å²) >= 11 is 0. The number of carbonyl (C=O) groups excluding carboxylic acids is 2. The molecule has 0 saturated heterocycles. The Morgan fingerprint density at radius 3 is 1.92 bits per heavy atom. The molecule has 140 valence electrons. The highest BCUT2D eigenvalue weighted by molar-refractivity contribution is 5.76. The first-order chi connectivity index (χ1) is 12.1. The maximum atomic E-state index is 12.0. The van der Waals surface area contributed by atoms with Gasteiger partial charge in [-0.25, -0.2) is 0 Å². The SMILES string of the molecule is CCCCCCC(=O)Oc1cccc(C)c1OC(=O)CCCCCC. The second kappa shape index (κ2) is 12.5. The van der Waals surface area contributed by atoms with Crippen molar-refractivity contribution < 1.29 is 19.1 Å². The minimum Gasteiger partial charge on any atom is -0.423 e. The van der Waals surface area contributed by atoms with Crippen LogP contribution in [-0.4, -0.2) is 11.9 Å². The average Bonchev–Trinajstić information content (AvgIpc) is 2.59.